The second-order valence-corrected chi connectivity index (χ2v) is 30.0. The van der Waals surface area contributed by atoms with E-state index in [9.17, 15) is 22.0 Å². The average molecular weight is 1460 g/mol. The van der Waals surface area contributed by atoms with Crippen LogP contribution in [-0.4, -0.2) is 24.9 Å². The Hall–Kier alpha value is -11.5. The molecule has 0 saturated heterocycles. The van der Waals surface area contributed by atoms with Gasteiger partial charge in [0.2, 0.25) is 0 Å². The Morgan fingerprint density at radius 3 is 1.04 bits per heavy atom. The van der Waals surface area contributed by atoms with E-state index in [1.54, 1.807) is 36.7 Å². The van der Waals surface area contributed by atoms with Crippen molar-refractivity contribution in [3.05, 3.63) is 298 Å². The summed E-state index contributed by atoms with van der Waals surface area (Å²) in [6.07, 6.45) is 10.1. The standard InChI is InChI=1S/C20H22FN2.3C19H20FN2.C17H16FN2/c1-13(2)10-15-6-5-7-18-19(15)22-12-23(4)20(18)17-9-8-16(21)11-14(17)3;1-12(2)14-5-8-18-17(10-14)19(22(4)11-21-18)16-7-6-15(20)9-13(16)3;1-12(2)14-5-7-17-18(10-14)21-11-22(4)19(17)16-8-6-15(20)9-13(16)3;1-12(2)15-6-5-7-17-18(15)21-11-22(4)19(17)16-9-8-14(20)10-13(16)3;1-11-4-7-16-15(8-11)17(20(3)10-19-16)14-6-5-13(18)9-12(14)2/h5-9,11-13H,10H2,1-4H3;3*5-12H,1-4H3;4-10H,1-3H3/q5*+1. The summed E-state index contributed by atoms with van der Waals surface area (Å²) in [7, 11) is 9.88. The molecule has 5 aromatic heterocycles. The molecule has 109 heavy (non-hydrogen) atoms. The Labute approximate surface area is 637 Å². The Kier molecular flexibility index (Phi) is 24.4. The first-order valence-electron chi connectivity index (χ1n) is 37.1. The molecule has 0 spiro atoms. The van der Waals surface area contributed by atoms with Crippen molar-refractivity contribution in [1.82, 2.24) is 24.9 Å². The highest BCUT2D eigenvalue weighted by Gasteiger charge is 2.25. The highest BCUT2D eigenvalue weighted by molar-refractivity contribution is 5.96. The summed E-state index contributed by atoms with van der Waals surface area (Å²) in [5.41, 5.74) is 26.4. The number of nitrogens with zero attached hydrogens (tertiary/aromatic N) is 10. The van der Waals surface area contributed by atoms with Gasteiger partial charge in [-0.05, 0) is 275 Å². The fraction of sp³-hybridized carbons (Fsp3) is 0.255. The molecule has 0 N–H and O–H groups in total. The zero-order valence-electron chi connectivity index (χ0n) is 66.1. The minimum absolute atomic E-state index is 0.201. The van der Waals surface area contributed by atoms with Crippen LogP contribution in [0.2, 0.25) is 0 Å². The molecule has 15 rings (SSSR count). The van der Waals surface area contributed by atoms with E-state index < -0.39 is 0 Å². The monoisotopic (exact) mass is 1460 g/mol. The van der Waals surface area contributed by atoms with Crippen LogP contribution >= 0.6 is 0 Å². The maximum Gasteiger partial charge on any atom is 0.287 e. The molecule has 0 bridgehead atoms. The van der Waals surface area contributed by atoms with Crippen molar-refractivity contribution in [3.8, 4) is 56.3 Å². The van der Waals surface area contributed by atoms with Crippen molar-refractivity contribution in [1.29, 1.82) is 0 Å². The number of hydrogen-bond donors (Lipinski definition) is 0. The van der Waals surface area contributed by atoms with E-state index in [0.717, 1.165) is 145 Å². The predicted molar refractivity (Wildman–Crippen MR) is 431 cm³/mol. The van der Waals surface area contributed by atoms with Crippen LogP contribution in [0.15, 0.2) is 214 Å². The molecule has 0 fully saturated rings. The van der Waals surface area contributed by atoms with Crippen molar-refractivity contribution in [2.24, 2.45) is 41.2 Å². The van der Waals surface area contributed by atoms with Crippen LogP contribution in [0.25, 0.3) is 111 Å². The molecule has 0 aliphatic carbocycles. The largest absolute Gasteiger partial charge is 0.287 e. The third kappa shape index (κ3) is 17.6. The zero-order valence-corrected chi connectivity index (χ0v) is 66.1. The average Bonchev–Trinajstić information content (AvgIpc) is 0.798. The smallest absolute Gasteiger partial charge is 0.232 e. The highest BCUT2D eigenvalue weighted by atomic mass is 19.1. The van der Waals surface area contributed by atoms with E-state index in [-0.39, 0.29) is 29.1 Å². The van der Waals surface area contributed by atoms with E-state index in [2.05, 4.69) is 172 Å². The zero-order chi connectivity index (χ0) is 78.4. The molecule has 0 saturated carbocycles. The van der Waals surface area contributed by atoms with E-state index in [4.69, 9.17) is 0 Å². The molecule has 0 amide bonds. The van der Waals surface area contributed by atoms with Crippen LogP contribution in [-0.2, 0) is 41.7 Å². The van der Waals surface area contributed by atoms with Gasteiger partial charge in [0, 0.05) is 38.9 Å². The molecule has 0 atom stereocenters. The second-order valence-electron chi connectivity index (χ2n) is 30.0. The van der Waals surface area contributed by atoms with Crippen LogP contribution in [0.5, 0.6) is 0 Å². The molecule has 5 heterocycles. The summed E-state index contributed by atoms with van der Waals surface area (Å²) < 4.78 is 77.1. The van der Waals surface area contributed by atoms with Crippen LogP contribution in [0.3, 0.4) is 0 Å². The normalized spacial score (nSPS) is 11.3. The summed E-state index contributed by atoms with van der Waals surface area (Å²) in [4.78, 5) is 22.8. The minimum atomic E-state index is -0.205. The number of benzene rings is 10. The number of halogens is 5. The Morgan fingerprint density at radius 2 is 0.633 bits per heavy atom. The molecule has 0 unspecified atom stereocenters. The summed E-state index contributed by atoms with van der Waals surface area (Å²) in [6.45, 7) is 29.3. The Bertz CT molecular complexity index is 5840. The number of hydrogen-bond acceptors (Lipinski definition) is 5. The minimum Gasteiger partial charge on any atom is -0.232 e. The van der Waals surface area contributed by atoms with Crippen LogP contribution in [0.1, 0.15) is 129 Å². The lowest BCUT2D eigenvalue weighted by Crippen LogP contribution is -2.32. The topological polar surface area (TPSA) is 83.8 Å². The van der Waals surface area contributed by atoms with E-state index in [1.165, 1.54) is 58.1 Å². The fourth-order valence-electron chi connectivity index (χ4n) is 14.4. The van der Waals surface area contributed by atoms with Gasteiger partial charge in [0.05, 0.1) is 62.2 Å². The lowest BCUT2D eigenvalue weighted by atomic mass is 9.96. The molecule has 15 heteroatoms. The van der Waals surface area contributed by atoms with Crippen molar-refractivity contribution >= 4 is 54.5 Å². The number of fused-ring (bicyclic) bond motifs is 5. The molecule has 0 aliphatic rings. The van der Waals surface area contributed by atoms with Crippen molar-refractivity contribution in [2.45, 2.75) is 121 Å². The quantitative estimate of drug-likeness (QED) is 0.101. The maximum atomic E-state index is 13.5. The van der Waals surface area contributed by atoms with E-state index in [1.807, 2.05) is 154 Å². The van der Waals surface area contributed by atoms with Gasteiger partial charge in [0.1, 0.15) is 57.6 Å². The van der Waals surface area contributed by atoms with Crippen LogP contribution < -0.4 is 22.8 Å². The molecular formula is C94H98F5N10+5. The first-order valence-corrected chi connectivity index (χ1v) is 37.1. The van der Waals surface area contributed by atoms with Gasteiger partial charge in [-0.3, -0.25) is 0 Å². The Morgan fingerprint density at radius 1 is 0.294 bits per heavy atom. The summed E-state index contributed by atoms with van der Waals surface area (Å²) in [6, 6.07) is 56.3. The summed E-state index contributed by atoms with van der Waals surface area (Å²) in [5, 5.41) is 5.49. The van der Waals surface area contributed by atoms with Gasteiger partial charge in [0.15, 0.2) is 27.6 Å². The SMILES string of the molecule is Cc1cc(F)ccc1-c1c2cc(C(C)C)ccc2nc[n+]1C.Cc1cc(F)ccc1-c1c2ccc(C(C)C)cc2nc[n+]1C.Cc1cc(F)ccc1-c1c2cccc(C(C)C)c2nc[n+]1C.Cc1cc(F)ccc1-c1c2cccc(CC(C)C)c2nc[n+]1C.Cc1ccc2nc[n+](C)c(-c3ccc(F)cc3C)c2c1. The molecule has 0 radical (unpaired) electrons. The number of aryl methyl sites for hydroxylation is 11. The van der Waals surface area contributed by atoms with Gasteiger partial charge in [-0.25, -0.2) is 44.8 Å². The first kappa shape index (κ1) is 78.6. The van der Waals surface area contributed by atoms with Gasteiger partial charge in [0.25, 0.3) is 31.6 Å². The summed E-state index contributed by atoms with van der Waals surface area (Å²) >= 11 is 0. The van der Waals surface area contributed by atoms with Gasteiger partial charge < -0.3 is 0 Å². The highest BCUT2D eigenvalue weighted by Crippen LogP contribution is 2.36. The Balaban J connectivity index is 0.000000135. The molecular weight excluding hydrogens is 1360 g/mol. The molecule has 10 nitrogen and oxygen atoms in total. The number of para-hydroxylation sites is 2. The lowest BCUT2D eigenvalue weighted by molar-refractivity contribution is -0.662. The van der Waals surface area contributed by atoms with Gasteiger partial charge in [-0.15, -0.1) is 0 Å². The molecule has 15 aromatic rings. The van der Waals surface area contributed by atoms with Crippen molar-refractivity contribution < 1.29 is 44.8 Å². The second kappa shape index (κ2) is 33.8. The molecule has 554 valence electrons. The van der Waals surface area contributed by atoms with Crippen LogP contribution in [0, 0.1) is 76.5 Å². The first-order chi connectivity index (χ1) is 52.0. The van der Waals surface area contributed by atoms with Gasteiger partial charge >= 0.3 is 0 Å². The third-order valence-electron chi connectivity index (χ3n) is 20.1. The van der Waals surface area contributed by atoms with Gasteiger partial charge in [-0.2, -0.15) is 0 Å². The summed E-state index contributed by atoms with van der Waals surface area (Å²) in [5.74, 6) is 0.891. The molecule has 0 aliphatic heterocycles. The van der Waals surface area contributed by atoms with Crippen LogP contribution in [0.4, 0.5) is 22.0 Å². The van der Waals surface area contributed by atoms with E-state index >= 15 is 0 Å². The van der Waals surface area contributed by atoms with Crippen molar-refractivity contribution in [2.75, 3.05) is 0 Å². The number of aromatic nitrogens is 10. The third-order valence-corrected chi connectivity index (χ3v) is 20.1. The predicted octanol–water partition coefficient (Wildman–Crippen LogP) is 20.7. The number of rotatable bonds is 10. The maximum absolute atomic E-state index is 13.5. The van der Waals surface area contributed by atoms with Crippen molar-refractivity contribution in [3.63, 3.8) is 0 Å². The molecule has 10 aromatic carbocycles. The van der Waals surface area contributed by atoms with Gasteiger partial charge in [-0.1, -0.05) is 103 Å². The lowest BCUT2D eigenvalue weighted by Gasteiger charge is -2.11. The fourth-order valence-corrected chi connectivity index (χ4v) is 14.4. The van der Waals surface area contributed by atoms with E-state index in [0.29, 0.717) is 23.7 Å².